The van der Waals surface area contributed by atoms with Crippen molar-refractivity contribution in [2.75, 3.05) is 20.2 Å². The highest BCUT2D eigenvalue weighted by atomic mass is 16.5. The zero-order chi connectivity index (χ0) is 18.8. The van der Waals surface area contributed by atoms with Gasteiger partial charge >= 0.3 is 0 Å². The number of carbonyl (C=O) groups is 1. The van der Waals surface area contributed by atoms with E-state index in [-0.39, 0.29) is 12.0 Å². The minimum absolute atomic E-state index is 0.0171. The van der Waals surface area contributed by atoms with Gasteiger partial charge in [0.1, 0.15) is 11.9 Å². The third-order valence-electron chi connectivity index (χ3n) is 5.24. The first-order chi connectivity index (χ1) is 13.2. The van der Waals surface area contributed by atoms with Crippen LogP contribution in [0.1, 0.15) is 54.0 Å². The van der Waals surface area contributed by atoms with Crippen molar-refractivity contribution in [3.05, 3.63) is 41.2 Å². The van der Waals surface area contributed by atoms with Crippen LogP contribution >= 0.6 is 0 Å². The molecule has 1 unspecified atom stereocenters. The topological polar surface area (TPSA) is 69.5 Å². The summed E-state index contributed by atoms with van der Waals surface area (Å²) in [5.74, 6) is 1.45. The van der Waals surface area contributed by atoms with E-state index in [0.29, 0.717) is 24.8 Å². The molecule has 2 aromatic rings. The van der Waals surface area contributed by atoms with Crippen LogP contribution in [-0.4, -0.2) is 46.0 Å². The maximum Gasteiger partial charge on any atom is 0.276 e. The molecule has 2 heterocycles. The number of methoxy groups -OCH3 is 1. The van der Waals surface area contributed by atoms with Gasteiger partial charge in [0.15, 0.2) is 5.69 Å². The average Bonchev–Trinajstić information content (AvgIpc) is 3.43. The maximum absolute atomic E-state index is 13.0. The molecule has 4 rings (SSSR count). The molecule has 1 atom stereocenters. The second-order valence-corrected chi connectivity index (χ2v) is 7.33. The fraction of sp³-hybridized carbons (Fsp3) is 0.550. The molecular weight excluding hydrogens is 344 g/mol. The summed E-state index contributed by atoms with van der Waals surface area (Å²) in [7, 11) is 1.65. The van der Waals surface area contributed by atoms with E-state index >= 15 is 0 Å². The summed E-state index contributed by atoms with van der Waals surface area (Å²) in [6.45, 7) is 4.58. The molecule has 7 heteroatoms. The van der Waals surface area contributed by atoms with Crippen LogP contribution in [0.25, 0.3) is 0 Å². The lowest BCUT2D eigenvalue weighted by atomic mass is 10.1. The third-order valence-corrected chi connectivity index (χ3v) is 5.24. The Morgan fingerprint density at radius 3 is 2.78 bits per heavy atom. The molecule has 0 radical (unpaired) electrons. The smallest absolute Gasteiger partial charge is 0.276 e. The van der Waals surface area contributed by atoms with Crippen LogP contribution in [0.5, 0.6) is 5.75 Å². The van der Waals surface area contributed by atoms with Gasteiger partial charge < -0.3 is 14.4 Å². The average molecular weight is 370 g/mol. The number of amides is 1. The molecule has 1 aromatic carbocycles. The van der Waals surface area contributed by atoms with Crippen molar-refractivity contribution < 1.29 is 14.3 Å². The number of hydrogen-bond donors (Lipinski definition) is 0. The number of hydrogen-bond acceptors (Lipinski definition) is 5. The highest BCUT2D eigenvalue weighted by Crippen LogP contribution is 2.31. The number of aromatic nitrogens is 3. The van der Waals surface area contributed by atoms with Gasteiger partial charge in [-0.25, -0.2) is 4.68 Å². The van der Waals surface area contributed by atoms with Gasteiger partial charge in [-0.15, -0.1) is 5.10 Å². The van der Waals surface area contributed by atoms with E-state index in [1.807, 2.05) is 33.8 Å². The van der Waals surface area contributed by atoms with Crippen molar-refractivity contribution in [2.45, 2.75) is 45.4 Å². The Balaban J connectivity index is 1.49. The van der Waals surface area contributed by atoms with Crippen molar-refractivity contribution >= 4 is 5.91 Å². The van der Waals surface area contributed by atoms with Crippen molar-refractivity contribution in [3.63, 3.8) is 0 Å². The number of rotatable bonds is 7. The first-order valence-electron chi connectivity index (χ1n) is 9.66. The summed E-state index contributed by atoms with van der Waals surface area (Å²) in [6.07, 6.45) is 3.28. The molecule has 0 spiro atoms. The van der Waals surface area contributed by atoms with Gasteiger partial charge in [0.25, 0.3) is 5.91 Å². The van der Waals surface area contributed by atoms with Crippen molar-refractivity contribution in [1.29, 1.82) is 0 Å². The Kier molecular flexibility index (Phi) is 5.11. The normalized spacial score (nSPS) is 18.8. The lowest BCUT2D eigenvalue weighted by Crippen LogP contribution is -2.35. The quantitative estimate of drug-likeness (QED) is 0.750. The highest BCUT2D eigenvalue weighted by Gasteiger charge is 2.32. The Hall–Kier alpha value is -2.41. The van der Waals surface area contributed by atoms with Crippen LogP contribution in [-0.2, 0) is 17.9 Å². The van der Waals surface area contributed by atoms with Crippen LogP contribution in [0, 0.1) is 5.92 Å². The molecule has 1 fully saturated rings. The van der Waals surface area contributed by atoms with Crippen LogP contribution in [0.3, 0.4) is 0 Å². The van der Waals surface area contributed by atoms with Gasteiger partial charge in [-0.1, -0.05) is 24.3 Å². The minimum Gasteiger partial charge on any atom is -0.497 e. The van der Waals surface area contributed by atoms with Gasteiger partial charge in [-0.3, -0.25) is 4.79 Å². The fourth-order valence-corrected chi connectivity index (χ4v) is 3.51. The van der Waals surface area contributed by atoms with E-state index in [2.05, 4.69) is 17.2 Å². The van der Waals surface area contributed by atoms with Gasteiger partial charge in [-0.2, -0.15) is 0 Å². The number of benzene rings is 1. The minimum atomic E-state index is -0.105. The molecule has 1 amide bonds. The van der Waals surface area contributed by atoms with Crippen molar-refractivity contribution in [3.8, 4) is 5.75 Å². The van der Waals surface area contributed by atoms with E-state index in [4.69, 9.17) is 9.47 Å². The summed E-state index contributed by atoms with van der Waals surface area (Å²) < 4.78 is 13.1. The summed E-state index contributed by atoms with van der Waals surface area (Å²) in [4.78, 5) is 14.9. The first-order valence-corrected chi connectivity index (χ1v) is 9.66. The van der Waals surface area contributed by atoms with E-state index in [1.54, 1.807) is 7.11 Å². The van der Waals surface area contributed by atoms with Crippen LogP contribution in [0.4, 0.5) is 0 Å². The van der Waals surface area contributed by atoms with Crippen molar-refractivity contribution in [1.82, 2.24) is 19.9 Å². The van der Waals surface area contributed by atoms with Crippen LogP contribution in [0.15, 0.2) is 24.3 Å². The predicted molar refractivity (Wildman–Crippen MR) is 99.5 cm³/mol. The van der Waals surface area contributed by atoms with Gasteiger partial charge in [0, 0.05) is 13.1 Å². The molecule has 1 aliphatic heterocycles. The Morgan fingerprint density at radius 1 is 1.33 bits per heavy atom. The van der Waals surface area contributed by atoms with E-state index in [0.717, 1.165) is 36.5 Å². The zero-order valence-corrected chi connectivity index (χ0v) is 15.9. The Bertz CT molecular complexity index is 798. The maximum atomic E-state index is 13.0. The van der Waals surface area contributed by atoms with Crippen molar-refractivity contribution in [2.24, 2.45) is 5.92 Å². The SMILES string of the molecule is CCCN(CC1CC1)C(=O)c1nnn2c1COC(c1ccc(OC)cc1)C2. The molecule has 0 saturated heterocycles. The van der Waals surface area contributed by atoms with E-state index in [1.165, 1.54) is 12.8 Å². The molecule has 1 aliphatic carbocycles. The number of ether oxygens (including phenoxy) is 2. The largest absolute Gasteiger partial charge is 0.497 e. The number of nitrogens with zero attached hydrogens (tertiary/aromatic N) is 4. The van der Waals surface area contributed by atoms with E-state index < -0.39 is 0 Å². The second kappa shape index (κ2) is 7.68. The standard InChI is InChI=1S/C20H26N4O3/c1-3-10-23(11-14-4-5-14)20(25)19-17-13-27-18(12-24(17)22-21-19)15-6-8-16(26-2)9-7-15/h6-9,14,18H,3-5,10-13H2,1-2H3. The summed E-state index contributed by atoms with van der Waals surface area (Å²) in [5, 5.41) is 8.44. The molecule has 27 heavy (non-hydrogen) atoms. The fourth-order valence-electron chi connectivity index (χ4n) is 3.51. The monoisotopic (exact) mass is 370 g/mol. The summed E-state index contributed by atoms with van der Waals surface area (Å²) in [5.41, 5.74) is 2.28. The first kappa shape index (κ1) is 18.0. The molecule has 1 aromatic heterocycles. The lowest BCUT2D eigenvalue weighted by Gasteiger charge is -2.25. The molecular formula is C20H26N4O3. The molecule has 0 bridgehead atoms. The Labute approximate surface area is 159 Å². The summed E-state index contributed by atoms with van der Waals surface area (Å²) in [6, 6.07) is 7.84. The van der Waals surface area contributed by atoms with E-state index in [9.17, 15) is 4.79 Å². The Morgan fingerprint density at radius 2 is 2.11 bits per heavy atom. The molecule has 144 valence electrons. The van der Waals surface area contributed by atoms with Gasteiger partial charge in [-0.05, 0) is 42.9 Å². The third kappa shape index (κ3) is 3.83. The van der Waals surface area contributed by atoms with Crippen LogP contribution in [0.2, 0.25) is 0 Å². The molecule has 7 nitrogen and oxygen atoms in total. The zero-order valence-electron chi connectivity index (χ0n) is 15.9. The van der Waals surface area contributed by atoms with Gasteiger partial charge in [0.05, 0.1) is 26.0 Å². The molecule has 0 N–H and O–H groups in total. The number of fused-ring (bicyclic) bond motifs is 1. The highest BCUT2D eigenvalue weighted by molar-refractivity contribution is 5.93. The molecule has 2 aliphatic rings. The summed E-state index contributed by atoms with van der Waals surface area (Å²) >= 11 is 0. The number of carbonyl (C=O) groups excluding carboxylic acids is 1. The van der Waals surface area contributed by atoms with Gasteiger partial charge in [0.2, 0.25) is 0 Å². The predicted octanol–water partition coefficient (Wildman–Crippen LogP) is 2.82. The molecule has 1 saturated carbocycles. The lowest BCUT2D eigenvalue weighted by molar-refractivity contribution is -0.00198. The second-order valence-electron chi connectivity index (χ2n) is 7.33. The van der Waals surface area contributed by atoms with Crippen LogP contribution < -0.4 is 4.74 Å².